The number of hydrogen-bond acceptors (Lipinski definition) is 6. The SMILES string of the molecule is COc1ccc([N+](=O)[O-])c(N2C3CCC2C(C(=O)O)C3)n1. The van der Waals surface area contributed by atoms with Gasteiger partial charge in [-0.05, 0) is 19.3 Å². The Balaban J connectivity index is 2.04. The lowest BCUT2D eigenvalue weighted by Crippen LogP contribution is -2.34. The van der Waals surface area contributed by atoms with Crippen LogP contribution in [-0.4, -0.2) is 40.2 Å². The molecule has 2 aliphatic rings. The molecule has 0 amide bonds. The van der Waals surface area contributed by atoms with Crippen LogP contribution in [0.5, 0.6) is 5.88 Å². The quantitative estimate of drug-likeness (QED) is 0.661. The zero-order valence-electron chi connectivity index (χ0n) is 11.4. The van der Waals surface area contributed by atoms with Crippen LogP contribution in [0.4, 0.5) is 11.5 Å². The summed E-state index contributed by atoms with van der Waals surface area (Å²) in [6.45, 7) is 0. The van der Waals surface area contributed by atoms with Gasteiger partial charge in [-0.3, -0.25) is 14.9 Å². The van der Waals surface area contributed by atoms with Crippen molar-refractivity contribution in [2.24, 2.45) is 5.92 Å². The molecule has 1 aromatic rings. The number of aliphatic carboxylic acids is 1. The predicted molar refractivity (Wildman–Crippen MR) is 72.5 cm³/mol. The molecule has 3 rings (SSSR count). The standard InChI is InChI=1S/C13H15N3O5/c1-21-11-5-4-10(16(19)20)12(14-11)15-7-2-3-9(15)8(6-7)13(17)18/h4-5,7-9H,2-3,6H2,1H3,(H,17,18). The molecule has 0 saturated carbocycles. The number of carboxylic acid groups (broad SMARTS) is 1. The molecule has 1 aromatic heterocycles. The molecule has 0 aromatic carbocycles. The Morgan fingerprint density at radius 2 is 2.29 bits per heavy atom. The molecule has 2 aliphatic heterocycles. The third kappa shape index (κ3) is 2.07. The number of nitrogens with zero attached hydrogens (tertiary/aromatic N) is 3. The van der Waals surface area contributed by atoms with Crippen molar-refractivity contribution in [3.05, 3.63) is 22.2 Å². The first kappa shape index (κ1) is 13.6. The van der Waals surface area contributed by atoms with Crippen LogP contribution >= 0.6 is 0 Å². The Kier molecular flexibility index (Phi) is 3.15. The van der Waals surface area contributed by atoms with Crippen molar-refractivity contribution < 1.29 is 19.6 Å². The number of hydrogen-bond donors (Lipinski definition) is 1. The first-order valence-electron chi connectivity index (χ1n) is 6.73. The summed E-state index contributed by atoms with van der Waals surface area (Å²) in [5, 5.41) is 20.5. The van der Waals surface area contributed by atoms with Crippen molar-refractivity contribution in [1.82, 2.24) is 4.98 Å². The van der Waals surface area contributed by atoms with Gasteiger partial charge in [-0.15, -0.1) is 0 Å². The summed E-state index contributed by atoms with van der Waals surface area (Å²) in [5.41, 5.74) is -0.112. The summed E-state index contributed by atoms with van der Waals surface area (Å²) in [4.78, 5) is 28.0. The van der Waals surface area contributed by atoms with E-state index in [9.17, 15) is 20.0 Å². The van der Waals surface area contributed by atoms with E-state index in [2.05, 4.69) is 4.98 Å². The molecule has 3 unspecified atom stereocenters. The molecule has 112 valence electrons. The van der Waals surface area contributed by atoms with Crippen LogP contribution in [-0.2, 0) is 4.79 Å². The molecule has 21 heavy (non-hydrogen) atoms. The molecule has 2 saturated heterocycles. The van der Waals surface area contributed by atoms with Gasteiger partial charge in [-0.25, -0.2) is 0 Å². The summed E-state index contributed by atoms with van der Waals surface area (Å²) in [5.74, 6) is -0.835. The molecule has 2 bridgehead atoms. The van der Waals surface area contributed by atoms with E-state index >= 15 is 0 Å². The van der Waals surface area contributed by atoms with E-state index in [0.29, 0.717) is 6.42 Å². The van der Waals surface area contributed by atoms with Gasteiger partial charge in [-0.2, -0.15) is 4.98 Å². The van der Waals surface area contributed by atoms with Crippen LogP contribution < -0.4 is 9.64 Å². The highest BCUT2D eigenvalue weighted by molar-refractivity contribution is 5.75. The van der Waals surface area contributed by atoms with E-state index in [1.165, 1.54) is 19.2 Å². The highest BCUT2D eigenvalue weighted by atomic mass is 16.6. The van der Waals surface area contributed by atoms with Crippen LogP contribution in [0.25, 0.3) is 0 Å². The van der Waals surface area contributed by atoms with Crippen LogP contribution in [0.1, 0.15) is 19.3 Å². The Bertz CT molecular complexity index is 605. The van der Waals surface area contributed by atoms with Crippen molar-refractivity contribution in [2.45, 2.75) is 31.3 Å². The second kappa shape index (κ2) is 4.87. The van der Waals surface area contributed by atoms with Crippen molar-refractivity contribution in [2.75, 3.05) is 12.0 Å². The average Bonchev–Trinajstić information content (AvgIpc) is 3.03. The van der Waals surface area contributed by atoms with Gasteiger partial charge in [0.2, 0.25) is 11.7 Å². The number of methoxy groups -OCH3 is 1. The number of aromatic nitrogens is 1. The number of carbonyl (C=O) groups is 1. The topological polar surface area (TPSA) is 106 Å². The smallest absolute Gasteiger partial charge is 0.311 e. The second-order valence-corrected chi connectivity index (χ2v) is 5.34. The number of nitro groups is 1. The summed E-state index contributed by atoms with van der Waals surface area (Å²) in [6.07, 6.45) is 2.07. The molecule has 2 fully saturated rings. The zero-order chi connectivity index (χ0) is 15.1. The van der Waals surface area contributed by atoms with Crippen LogP contribution in [0, 0.1) is 16.0 Å². The highest BCUT2D eigenvalue weighted by Gasteiger charge is 2.51. The molecule has 0 radical (unpaired) electrons. The van der Waals surface area contributed by atoms with Crippen LogP contribution in [0.2, 0.25) is 0 Å². The maximum atomic E-state index is 11.3. The van der Waals surface area contributed by atoms with Gasteiger partial charge in [0, 0.05) is 24.2 Å². The minimum absolute atomic E-state index is 0.00518. The Hall–Kier alpha value is -2.38. The van der Waals surface area contributed by atoms with E-state index in [-0.39, 0.29) is 29.5 Å². The maximum Gasteiger partial charge on any atom is 0.311 e. The molecule has 0 aliphatic carbocycles. The first-order valence-corrected chi connectivity index (χ1v) is 6.73. The molecule has 1 N–H and O–H groups in total. The summed E-state index contributed by atoms with van der Waals surface area (Å²) < 4.78 is 5.04. The Morgan fingerprint density at radius 3 is 2.86 bits per heavy atom. The minimum Gasteiger partial charge on any atom is -0.481 e. The van der Waals surface area contributed by atoms with E-state index in [0.717, 1.165) is 12.8 Å². The number of pyridine rings is 1. The molecule has 3 heterocycles. The van der Waals surface area contributed by atoms with E-state index in [4.69, 9.17) is 4.74 Å². The predicted octanol–water partition coefficient (Wildman–Crippen LogP) is 1.44. The van der Waals surface area contributed by atoms with Gasteiger partial charge in [0.1, 0.15) is 0 Å². The lowest BCUT2D eigenvalue weighted by Gasteiger charge is -2.24. The summed E-state index contributed by atoms with van der Waals surface area (Å²) in [7, 11) is 1.44. The fraction of sp³-hybridized carbons (Fsp3) is 0.538. The number of carboxylic acids is 1. The van der Waals surface area contributed by atoms with E-state index in [1.807, 2.05) is 0 Å². The van der Waals surface area contributed by atoms with Crippen molar-refractivity contribution in [3.8, 4) is 5.88 Å². The Morgan fingerprint density at radius 1 is 1.52 bits per heavy atom. The fourth-order valence-corrected chi connectivity index (χ4v) is 3.45. The lowest BCUT2D eigenvalue weighted by atomic mass is 9.89. The number of fused-ring (bicyclic) bond motifs is 2. The maximum absolute atomic E-state index is 11.3. The largest absolute Gasteiger partial charge is 0.481 e. The molecule has 3 atom stereocenters. The zero-order valence-corrected chi connectivity index (χ0v) is 11.4. The number of ether oxygens (including phenoxy) is 1. The monoisotopic (exact) mass is 293 g/mol. The highest BCUT2D eigenvalue weighted by Crippen LogP contribution is 2.46. The average molecular weight is 293 g/mol. The minimum atomic E-state index is -0.849. The van der Waals surface area contributed by atoms with Gasteiger partial charge < -0.3 is 14.7 Å². The van der Waals surface area contributed by atoms with Gasteiger partial charge in [0.25, 0.3) is 0 Å². The molecule has 0 spiro atoms. The van der Waals surface area contributed by atoms with E-state index in [1.54, 1.807) is 4.90 Å². The number of anilines is 1. The lowest BCUT2D eigenvalue weighted by molar-refractivity contribution is -0.384. The van der Waals surface area contributed by atoms with Crippen molar-refractivity contribution in [3.63, 3.8) is 0 Å². The second-order valence-electron chi connectivity index (χ2n) is 5.34. The fourth-order valence-electron chi connectivity index (χ4n) is 3.45. The summed E-state index contributed by atoms with van der Waals surface area (Å²) in [6, 6.07) is 2.56. The summed E-state index contributed by atoms with van der Waals surface area (Å²) >= 11 is 0. The van der Waals surface area contributed by atoms with Crippen LogP contribution in [0.15, 0.2) is 12.1 Å². The molecular weight excluding hydrogens is 278 g/mol. The van der Waals surface area contributed by atoms with Gasteiger partial charge in [-0.1, -0.05) is 0 Å². The van der Waals surface area contributed by atoms with Crippen molar-refractivity contribution in [1.29, 1.82) is 0 Å². The third-order valence-corrected chi connectivity index (χ3v) is 4.33. The normalized spacial score (nSPS) is 26.9. The van der Waals surface area contributed by atoms with Gasteiger partial charge >= 0.3 is 11.7 Å². The van der Waals surface area contributed by atoms with Gasteiger partial charge in [0.05, 0.1) is 18.0 Å². The molecule has 8 heteroatoms. The van der Waals surface area contributed by atoms with Crippen molar-refractivity contribution >= 4 is 17.5 Å². The van der Waals surface area contributed by atoms with E-state index < -0.39 is 16.8 Å². The first-order chi connectivity index (χ1) is 10.0. The molecular formula is C13H15N3O5. The van der Waals surface area contributed by atoms with Crippen LogP contribution in [0.3, 0.4) is 0 Å². The number of rotatable bonds is 4. The Labute approximate surface area is 120 Å². The molecule has 8 nitrogen and oxygen atoms in total. The van der Waals surface area contributed by atoms with Gasteiger partial charge in [0.15, 0.2) is 0 Å². The third-order valence-electron chi connectivity index (χ3n) is 4.33.